The molecule has 0 aromatic heterocycles. The van der Waals surface area contributed by atoms with Crippen molar-refractivity contribution in [3.05, 3.63) is 35.9 Å². The van der Waals surface area contributed by atoms with Crippen molar-refractivity contribution in [2.24, 2.45) is 0 Å². The number of alkyl halides is 1. The molecule has 0 fully saturated rings. The maximum atomic E-state index is 11.8. The molecule has 0 saturated heterocycles. The lowest BCUT2D eigenvalue weighted by Crippen LogP contribution is -2.42. The van der Waals surface area contributed by atoms with Gasteiger partial charge in [-0.1, -0.05) is 30.3 Å². The van der Waals surface area contributed by atoms with Gasteiger partial charge >= 0.3 is 6.09 Å². The molecule has 1 rings (SSSR count). The van der Waals surface area contributed by atoms with Gasteiger partial charge in [-0.25, -0.2) is 4.79 Å². The number of nitrogens with zero attached hydrogens (tertiary/aromatic N) is 1. The molecule has 0 saturated carbocycles. The summed E-state index contributed by atoms with van der Waals surface area (Å²) in [4.78, 5) is 11.8. The van der Waals surface area contributed by atoms with Crippen molar-refractivity contribution >= 4 is 17.7 Å². The molecule has 20 heavy (non-hydrogen) atoms. The second-order valence-electron chi connectivity index (χ2n) is 5.66. The fourth-order valence-corrected chi connectivity index (χ4v) is 1.99. The minimum Gasteiger partial charge on any atom is -0.442 e. The number of benzene rings is 1. The molecule has 4 nitrogen and oxygen atoms in total. The molecule has 1 amide bonds. The number of ether oxygens (including phenoxy) is 1. The SMILES string of the molecule is CC(C)(C)OC(=O)N(O)[C@@H](CCl)CCc1ccccc1. The molecule has 0 radical (unpaired) electrons. The smallest absolute Gasteiger partial charge is 0.434 e. The van der Waals surface area contributed by atoms with Crippen LogP contribution in [0.2, 0.25) is 0 Å². The molecule has 0 aliphatic rings. The number of hydrogen-bond acceptors (Lipinski definition) is 3. The summed E-state index contributed by atoms with van der Waals surface area (Å²) in [6.07, 6.45) is 0.539. The van der Waals surface area contributed by atoms with Crippen molar-refractivity contribution in [1.82, 2.24) is 5.06 Å². The van der Waals surface area contributed by atoms with E-state index >= 15 is 0 Å². The Morgan fingerprint density at radius 2 is 1.95 bits per heavy atom. The quantitative estimate of drug-likeness (QED) is 0.510. The van der Waals surface area contributed by atoms with Gasteiger partial charge in [0.05, 0.1) is 6.04 Å². The van der Waals surface area contributed by atoms with Gasteiger partial charge in [0.25, 0.3) is 0 Å². The zero-order chi connectivity index (χ0) is 15.2. The highest BCUT2D eigenvalue weighted by molar-refractivity contribution is 6.18. The predicted molar refractivity (Wildman–Crippen MR) is 79.1 cm³/mol. The minimum atomic E-state index is -0.767. The van der Waals surface area contributed by atoms with E-state index in [1.54, 1.807) is 20.8 Å². The van der Waals surface area contributed by atoms with Gasteiger partial charge in [0.1, 0.15) is 5.60 Å². The van der Waals surface area contributed by atoms with Crippen LogP contribution in [-0.4, -0.2) is 33.9 Å². The molecule has 0 bridgehead atoms. The second kappa shape index (κ2) is 7.50. The Hall–Kier alpha value is -1.26. The maximum Gasteiger partial charge on any atom is 0.434 e. The van der Waals surface area contributed by atoms with Crippen molar-refractivity contribution < 1.29 is 14.7 Å². The topological polar surface area (TPSA) is 49.8 Å². The number of rotatable bonds is 5. The summed E-state index contributed by atoms with van der Waals surface area (Å²) < 4.78 is 5.11. The third-order valence-electron chi connectivity index (χ3n) is 2.71. The Labute approximate surface area is 125 Å². The first kappa shape index (κ1) is 16.8. The van der Waals surface area contributed by atoms with E-state index in [9.17, 15) is 10.0 Å². The molecule has 0 unspecified atom stereocenters. The summed E-state index contributed by atoms with van der Waals surface area (Å²) in [5, 5.41) is 10.5. The summed E-state index contributed by atoms with van der Waals surface area (Å²) >= 11 is 5.83. The van der Waals surface area contributed by atoms with Crippen LogP contribution in [0.15, 0.2) is 30.3 Å². The van der Waals surface area contributed by atoms with E-state index in [0.717, 1.165) is 12.0 Å². The van der Waals surface area contributed by atoms with Gasteiger partial charge < -0.3 is 4.74 Å². The third-order valence-corrected chi connectivity index (χ3v) is 3.07. The van der Waals surface area contributed by atoms with Crippen LogP contribution in [0.1, 0.15) is 32.8 Å². The molecule has 1 N–H and O–H groups in total. The normalized spacial score (nSPS) is 12.8. The van der Waals surface area contributed by atoms with E-state index in [4.69, 9.17) is 16.3 Å². The van der Waals surface area contributed by atoms with E-state index in [1.165, 1.54) is 0 Å². The number of halogens is 1. The number of hydroxylamine groups is 2. The molecule has 112 valence electrons. The molecule has 1 aromatic carbocycles. The average Bonchev–Trinajstić information content (AvgIpc) is 2.38. The van der Waals surface area contributed by atoms with Crippen LogP contribution in [0.25, 0.3) is 0 Å². The van der Waals surface area contributed by atoms with Crippen molar-refractivity contribution in [3.8, 4) is 0 Å². The fourth-order valence-electron chi connectivity index (χ4n) is 1.70. The van der Waals surface area contributed by atoms with E-state index < -0.39 is 17.7 Å². The maximum absolute atomic E-state index is 11.8. The standard InChI is InChI=1S/C15H22ClNO3/c1-15(2,3)20-14(18)17(19)13(11-16)10-9-12-7-5-4-6-8-12/h4-8,13,19H,9-11H2,1-3H3/t13-/m1/s1. The lowest BCUT2D eigenvalue weighted by atomic mass is 10.1. The first-order valence-corrected chi connectivity index (χ1v) is 7.18. The monoisotopic (exact) mass is 299 g/mol. The van der Waals surface area contributed by atoms with Crippen LogP contribution >= 0.6 is 11.6 Å². The van der Waals surface area contributed by atoms with Gasteiger partial charge in [0.15, 0.2) is 0 Å². The largest absolute Gasteiger partial charge is 0.442 e. The van der Waals surface area contributed by atoms with Gasteiger partial charge in [-0.3, -0.25) is 5.21 Å². The van der Waals surface area contributed by atoms with Crippen LogP contribution in [-0.2, 0) is 11.2 Å². The van der Waals surface area contributed by atoms with E-state index in [-0.39, 0.29) is 5.88 Å². The predicted octanol–water partition coefficient (Wildman–Crippen LogP) is 3.85. The summed E-state index contributed by atoms with van der Waals surface area (Å²) in [7, 11) is 0. The van der Waals surface area contributed by atoms with Gasteiger partial charge in [-0.2, -0.15) is 5.06 Å². The van der Waals surface area contributed by atoms with Crippen molar-refractivity contribution in [3.63, 3.8) is 0 Å². The van der Waals surface area contributed by atoms with Crippen LogP contribution in [0.5, 0.6) is 0 Å². The van der Waals surface area contributed by atoms with Gasteiger partial charge in [0, 0.05) is 5.88 Å². The van der Waals surface area contributed by atoms with Crippen LogP contribution in [0.4, 0.5) is 4.79 Å². The number of carbonyl (C=O) groups excluding carboxylic acids is 1. The minimum absolute atomic E-state index is 0.155. The van der Waals surface area contributed by atoms with Crippen LogP contribution in [0, 0.1) is 0 Å². The number of hydrogen-bond donors (Lipinski definition) is 1. The van der Waals surface area contributed by atoms with Crippen molar-refractivity contribution in [1.29, 1.82) is 0 Å². The molecular formula is C15H22ClNO3. The van der Waals surface area contributed by atoms with Gasteiger partial charge in [-0.15, -0.1) is 11.6 Å². The molecule has 0 heterocycles. The Balaban J connectivity index is 2.55. The van der Waals surface area contributed by atoms with Gasteiger partial charge in [0.2, 0.25) is 0 Å². The Bertz CT molecular complexity index is 417. The summed E-state index contributed by atoms with van der Waals surface area (Å²) in [6, 6.07) is 9.39. The summed E-state index contributed by atoms with van der Waals surface area (Å²) in [6.45, 7) is 5.25. The number of carbonyl (C=O) groups is 1. The highest BCUT2D eigenvalue weighted by atomic mass is 35.5. The lowest BCUT2D eigenvalue weighted by molar-refractivity contribution is -0.116. The summed E-state index contributed by atoms with van der Waals surface area (Å²) in [5.41, 5.74) is 0.495. The molecule has 1 aromatic rings. The molecule has 1 atom stereocenters. The second-order valence-corrected chi connectivity index (χ2v) is 5.97. The van der Waals surface area contributed by atoms with Crippen molar-refractivity contribution in [2.45, 2.75) is 45.3 Å². The van der Waals surface area contributed by atoms with Crippen molar-refractivity contribution in [2.75, 3.05) is 5.88 Å². The highest BCUT2D eigenvalue weighted by Crippen LogP contribution is 2.14. The highest BCUT2D eigenvalue weighted by Gasteiger charge is 2.26. The molecule has 0 spiro atoms. The Morgan fingerprint density at radius 1 is 1.35 bits per heavy atom. The first-order chi connectivity index (χ1) is 9.33. The lowest BCUT2D eigenvalue weighted by Gasteiger charge is -2.27. The van der Waals surface area contributed by atoms with Crippen LogP contribution in [0.3, 0.4) is 0 Å². The molecule has 0 aliphatic heterocycles. The third kappa shape index (κ3) is 5.80. The number of amides is 1. The molecule has 5 heteroatoms. The molecular weight excluding hydrogens is 278 g/mol. The summed E-state index contributed by atoms with van der Waals surface area (Å²) in [5.74, 6) is 0.155. The van der Waals surface area contributed by atoms with E-state index in [2.05, 4.69) is 0 Å². The fraction of sp³-hybridized carbons (Fsp3) is 0.533. The average molecular weight is 300 g/mol. The van der Waals surface area contributed by atoms with E-state index in [1.807, 2.05) is 30.3 Å². The Morgan fingerprint density at radius 3 is 2.45 bits per heavy atom. The first-order valence-electron chi connectivity index (χ1n) is 6.64. The molecule has 0 aliphatic carbocycles. The van der Waals surface area contributed by atoms with E-state index in [0.29, 0.717) is 11.5 Å². The zero-order valence-electron chi connectivity index (χ0n) is 12.2. The van der Waals surface area contributed by atoms with Gasteiger partial charge in [-0.05, 0) is 39.2 Å². The Kier molecular flexibility index (Phi) is 6.30. The number of aryl methyl sites for hydroxylation is 1. The zero-order valence-corrected chi connectivity index (χ0v) is 12.9. The van der Waals surface area contributed by atoms with Crippen LogP contribution < -0.4 is 0 Å².